The summed E-state index contributed by atoms with van der Waals surface area (Å²) >= 11 is 0. The number of anilines is 1. The molecule has 1 atom stereocenters. The van der Waals surface area contributed by atoms with Crippen molar-refractivity contribution >= 4 is 27.5 Å². The van der Waals surface area contributed by atoms with Crippen LogP contribution in [0.25, 0.3) is 0 Å². The van der Waals surface area contributed by atoms with Crippen LogP contribution in [0.15, 0.2) is 54.6 Å². The summed E-state index contributed by atoms with van der Waals surface area (Å²) in [4.78, 5) is 27.5. The van der Waals surface area contributed by atoms with Crippen LogP contribution < -0.4 is 9.62 Å². The first-order valence-electron chi connectivity index (χ1n) is 10.8. The molecule has 1 unspecified atom stereocenters. The maximum Gasteiger partial charge on any atom is 0.244 e. The summed E-state index contributed by atoms with van der Waals surface area (Å²) in [5, 5.41) is 2.86. The van der Waals surface area contributed by atoms with Crippen molar-refractivity contribution in [2.75, 3.05) is 23.7 Å². The largest absolute Gasteiger partial charge is 0.354 e. The molecule has 0 fully saturated rings. The molecule has 0 aliphatic carbocycles. The quantitative estimate of drug-likeness (QED) is 0.523. The van der Waals surface area contributed by atoms with E-state index in [2.05, 4.69) is 5.32 Å². The Balaban J connectivity index is 2.30. The number of benzene rings is 2. The fourth-order valence-electron chi connectivity index (χ4n) is 3.22. The van der Waals surface area contributed by atoms with E-state index in [1.165, 1.54) is 4.90 Å². The highest BCUT2D eigenvalue weighted by atomic mass is 32.2. The molecule has 0 heterocycles. The normalized spacial score (nSPS) is 12.1. The lowest BCUT2D eigenvalue weighted by Gasteiger charge is -2.31. The number of para-hydroxylation sites is 1. The summed E-state index contributed by atoms with van der Waals surface area (Å²) in [5.74, 6) is -0.706. The summed E-state index contributed by atoms with van der Waals surface area (Å²) in [7, 11) is -3.70. The fraction of sp³-hybridized carbons (Fsp3) is 0.417. The molecule has 1 N–H and O–H groups in total. The van der Waals surface area contributed by atoms with Gasteiger partial charge in [0.1, 0.15) is 12.6 Å². The van der Waals surface area contributed by atoms with Crippen molar-refractivity contribution in [1.29, 1.82) is 0 Å². The molecule has 0 aliphatic heterocycles. The second-order valence-corrected chi connectivity index (χ2v) is 9.84. The van der Waals surface area contributed by atoms with Crippen molar-refractivity contribution in [2.45, 2.75) is 46.2 Å². The molecule has 0 bridgehead atoms. The van der Waals surface area contributed by atoms with Gasteiger partial charge in [-0.3, -0.25) is 13.9 Å². The zero-order chi connectivity index (χ0) is 23.7. The Labute approximate surface area is 191 Å². The minimum Gasteiger partial charge on any atom is -0.354 e. The first-order chi connectivity index (χ1) is 15.1. The molecule has 174 valence electrons. The van der Waals surface area contributed by atoms with Gasteiger partial charge in [0, 0.05) is 13.1 Å². The van der Waals surface area contributed by atoms with Gasteiger partial charge in [-0.1, -0.05) is 61.4 Å². The number of unbranched alkanes of at least 4 members (excludes halogenated alkanes) is 1. The van der Waals surface area contributed by atoms with Crippen LogP contribution in [0.5, 0.6) is 0 Å². The number of sulfonamides is 1. The zero-order valence-electron chi connectivity index (χ0n) is 19.2. The number of hydrogen-bond donors (Lipinski definition) is 1. The molecule has 0 radical (unpaired) electrons. The molecule has 32 heavy (non-hydrogen) atoms. The van der Waals surface area contributed by atoms with Gasteiger partial charge in [-0.2, -0.15) is 0 Å². The average molecular weight is 460 g/mol. The van der Waals surface area contributed by atoms with E-state index in [1.54, 1.807) is 37.3 Å². The van der Waals surface area contributed by atoms with Crippen molar-refractivity contribution in [2.24, 2.45) is 0 Å². The van der Waals surface area contributed by atoms with Crippen molar-refractivity contribution in [3.63, 3.8) is 0 Å². The maximum atomic E-state index is 13.4. The van der Waals surface area contributed by atoms with Crippen LogP contribution in [-0.2, 0) is 26.2 Å². The summed E-state index contributed by atoms with van der Waals surface area (Å²) in [6.07, 6.45) is 2.86. The van der Waals surface area contributed by atoms with E-state index < -0.39 is 22.0 Å². The molecule has 0 aliphatic rings. The SMILES string of the molecule is CCCCNC(=O)C(C)N(Cc1ccc(C)cc1)C(=O)CN(c1ccccc1)S(C)(=O)=O. The highest BCUT2D eigenvalue weighted by molar-refractivity contribution is 7.92. The molecule has 0 saturated carbocycles. The highest BCUT2D eigenvalue weighted by Gasteiger charge is 2.29. The van der Waals surface area contributed by atoms with Crippen LogP contribution in [0.4, 0.5) is 5.69 Å². The molecule has 0 saturated heterocycles. The maximum absolute atomic E-state index is 13.4. The van der Waals surface area contributed by atoms with Crippen LogP contribution in [0.3, 0.4) is 0 Å². The minimum atomic E-state index is -3.70. The number of nitrogens with one attached hydrogen (secondary N) is 1. The lowest BCUT2D eigenvalue weighted by atomic mass is 10.1. The molecule has 2 aromatic rings. The molecule has 7 nitrogen and oxygen atoms in total. The molecule has 2 amide bonds. The monoisotopic (exact) mass is 459 g/mol. The Morgan fingerprint density at radius 2 is 1.66 bits per heavy atom. The Morgan fingerprint density at radius 3 is 2.22 bits per heavy atom. The predicted octanol–water partition coefficient (Wildman–Crippen LogP) is 3.09. The number of amides is 2. The molecule has 8 heteroatoms. The lowest BCUT2D eigenvalue weighted by Crippen LogP contribution is -2.51. The topological polar surface area (TPSA) is 86.8 Å². The van der Waals surface area contributed by atoms with Crippen molar-refractivity contribution in [1.82, 2.24) is 10.2 Å². The smallest absolute Gasteiger partial charge is 0.244 e. The zero-order valence-corrected chi connectivity index (χ0v) is 20.1. The van der Waals surface area contributed by atoms with Crippen LogP contribution in [0.1, 0.15) is 37.8 Å². The van der Waals surface area contributed by atoms with Gasteiger partial charge in [0.15, 0.2) is 0 Å². The summed E-state index contributed by atoms with van der Waals surface area (Å²) in [6, 6.07) is 15.4. The van der Waals surface area contributed by atoms with Gasteiger partial charge in [0.25, 0.3) is 0 Å². The average Bonchev–Trinajstić information content (AvgIpc) is 2.76. The molecule has 0 spiro atoms. The van der Waals surface area contributed by atoms with Crippen molar-refractivity contribution in [3.05, 3.63) is 65.7 Å². The Morgan fingerprint density at radius 1 is 1.03 bits per heavy atom. The van der Waals surface area contributed by atoms with Crippen molar-refractivity contribution < 1.29 is 18.0 Å². The third-order valence-corrected chi connectivity index (χ3v) is 6.33. The second-order valence-electron chi connectivity index (χ2n) is 7.93. The molecule has 2 aromatic carbocycles. The van der Waals surface area contributed by atoms with E-state index in [-0.39, 0.29) is 19.0 Å². The minimum absolute atomic E-state index is 0.202. The van der Waals surface area contributed by atoms with Crippen molar-refractivity contribution in [3.8, 4) is 0 Å². The number of carbonyl (C=O) groups excluding carboxylic acids is 2. The van der Waals surface area contributed by atoms with E-state index in [9.17, 15) is 18.0 Å². The number of hydrogen-bond acceptors (Lipinski definition) is 4. The third kappa shape index (κ3) is 7.37. The van der Waals surface area contributed by atoms with Crippen LogP contribution in [-0.4, -0.2) is 50.5 Å². The number of nitrogens with zero attached hydrogens (tertiary/aromatic N) is 2. The van der Waals surface area contributed by atoms with Gasteiger partial charge >= 0.3 is 0 Å². The van der Waals surface area contributed by atoms with E-state index in [0.717, 1.165) is 34.5 Å². The third-order valence-electron chi connectivity index (χ3n) is 5.19. The molecular weight excluding hydrogens is 426 g/mol. The van der Waals surface area contributed by atoms with Gasteiger partial charge < -0.3 is 10.2 Å². The van der Waals surface area contributed by atoms with Gasteiger partial charge in [0.05, 0.1) is 11.9 Å². The molecule has 2 rings (SSSR count). The Kier molecular flexibility index (Phi) is 9.26. The van der Waals surface area contributed by atoms with Crippen LogP contribution >= 0.6 is 0 Å². The predicted molar refractivity (Wildman–Crippen MR) is 128 cm³/mol. The first-order valence-corrected chi connectivity index (χ1v) is 12.6. The van der Waals surface area contributed by atoms with Crippen LogP contribution in [0.2, 0.25) is 0 Å². The Hall–Kier alpha value is -2.87. The highest BCUT2D eigenvalue weighted by Crippen LogP contribution is 2.18. The number of rotatable bonds is 11. The van der Waals surface area contributed by atoms with E-state index >= 15 is 0 Å². The summed E-state index contributed by atoms with van der Waals surface area (Å²) in [5.41, 5.74) is 2.35. The fourth-order valence-corrected chi connectivity index (χ4v) is 4.07. The van der Waals surface area contributed by atoms with Gasteiger partial charge in [0.2, 0.25) is 21.8 Å². The molecular formula is C24H33N3O4S. The summed E-state index contributed by atoms with van der Waals surface area (Å²) < 4.78 is 25.9. The number of aryl methyl sites for hydroxylation is 1. The summed E-state index contributed by atoms with van der Waals surface area (Å²) in [6.45, 7) is 6.02. The molecule has 0 aromatic heterocycles. The van der Waals surface area contributed by atoms with Crippen LogP contribution in [0, 0.1) is 6.92 Å². The standard InChI is InChI=1S/C24H33N3O4S/c1-5-6-16-25-24(29)20(3)26(17-21-14-12-19(2)13-15-21)23(28)18-27(32(4,30)31)22-10-8-7-9-11-22/h7-15,20H,5-6,16-18H2,1-4H3,(H,25,29). The van der Waals surface area contributed by atoms with E-state index in [4.69, 9.17) is 0 Å². The van der Waals surface area contributed by atoms with Gasteiger partial charge in [-0.15, -0.1) is 0 Å². The van der Waals surface area contributed by atoms with E-state index in [1.807, 2.05) is 38.1 Å². The van der Waals surface area contributed by atoms with Gasteiger partial charge in [-0.05, 0) is 38.0 Å². The first kappa shape index (κ1) is 25.4. The second kappa shape index (κ2) is 11.7. The Bertz CT molecular complexity index is 992. The van der Waals surface area contributed by atoms with E-state index in [0.29, 0.717) is 12.2 Å². The lowest BCUT2D eigenvalue weighted by molar-refractivity contribution is -0.139. The van der Waals surface area contributed by atoms with Gasteiger partial charge in [-0.25, -0.2) is 8.42 Å². The number of carbonyl (C=O) groups is 2.